The molecule has 1 aromatic rings. The molecule has 2 N–H and O–H groups in total. The molecule has 1 atom stereocenters. The molecule has 88 valence electrons. The van der Waals surface area contributed by atoms with E-state index in [-0.39, 0.29) is 17.8 Å². The van der Waals surface area contributed by atoms with Gasteiger partial charge in [-0.1, -0.05) is 6.07 Å². The van der Waals surface area contributed by atoms with Crippen molar-refractivity contribution >= 4 is 23.2 Å². The summed E-state index contributed by atoms with van der Waals surface area (Å²) in [7, 11) is 0. The van der Waals surface area contributed by atoms with Gasteiger partial charge in [-0.15, -0.1) is 0 Å². The summed E-state index contributed by atoms with van der Waals surface area (Å²) in [6.07, 6.45) is -0.0679. The quantitative estimate of drug-likeness (QED) is 0.447. The van der Waals surface area contributed by atoms with Crippen molar-refractivity contribution in [3.63, 3.8) is 0 Å². The average molecular weight is 235 g/mol. The first-order chi connectivity index (χ1) is 8.00. The topological polar surface area (TPSA) is 107 Å². The molecule has 1 fully saturated rings. The molecule has 7 heteroatoms. The molecule has 0 radical (unpaired) electrons. The molecule has 7 nitrogen and oxygen atoms in total. The number of benzene rings is 1. The van der Waals surface area contributed by atoms with E-state index in [1.165, 1.54) is 24.3 Å². The number of carbonyl (C=O) groups is 2. The number of nitrogens with two attached hydrogens (primary N) is 1. The van der Waals surface area contributed by atoms with E-state index < -0.39 is 22.8 Å². The number of nitrogens with zero attached hydrogens (tertiary/aromatic N) is 2. The van der Waals surface area contributed by atoms with Gasteiger partial charge >= 0.3 is 0 Å². The molecule has 2 rings (SSSR count). The van der Waals surface area contributed by atoms with Gasteiger partial charge in [0.1, 0.15) is 0 Å². The van der Waals surface area contributed by atoms with Crippen LogP contribution in [-0.2, 0) is 9.59 Å². The predicted molar refractivity (Wildman–Crippen MR) is 58.2 cm³/mol. The molecule has 1 aliphatic rings. The fourth-order valence-corrected chi connectivity index (χ4v) is 1.67. The number of carbonyl (C=O) groups excluding carboxylic acids is 2. The second-order valence-corrected chi connectivity index (χ2v) is 3.65. The van der Waals surface area contributed by atoms with Gasteiger partial charge < -0.3 is 5.73 Å². The van der Waals surface area contributed by atoms with Crippen LogP contribution in [0.15, 0.2) is 24.3 Å². The number of hydrogen-bond donors (Lipinski definition) is 1. The van der Waals surface area contributed by atoms with Crippen LogP contribution < -0.4 is 10.6 Å². The zero-order valence-corrected chi connectivity index (χ0v) is 8.70. The predicted octanol–water partition coefficient (Wildman–Crippen LogP) is 0.185. The highest BCUT2D eigenvalue weighted by Crippen LogP contribution is 2.25. The molecule has 0 aromatic heterocycles. The van der Waals surface area contributed by atoms with Crippen molar-refractivity contribution in [2.45, 2.75) is 12.5 Å². The van der Waals surface area contributed by atoms with Crippen LogP contribution in [0.1, 0.15) is 6.42 Å². The van der Waals surface area contributed by atoms with Crippen molar-refractivity contribution in [2.75, 3.05) is 4.90 Å². The lowest BCUT2D eigenvalue weighted by Gasteiger charge is -2.13. The Bertz CT molecular complexity index is 514. The van der Waals surface area contributed by atoms with Crippen LogP contribution in [0.2, 0.25) is 0 Å². The molecular formula is C10H9N3O4. The van der Waals surface area contributed by atoms with E-state index in [1.54, 1.807) is 0 Å². The summed E-state index contributed by atoms with van der Waals surface area (Å²) >= 11 is 0. The summed E-state index contributed by atoms with van der Waals surface area (Å²) in [6.45, 7) is 0. The highest BCUT2D eigenvalue weighted by molar-refractivity contribution is 6.22. The maximum atomic E-state index is 11.6. The van der Waals surface area contributed by atoms with Crippen molar-refractivity contribution in [1.82, 2.24) is 0 Å². The van der Waals surface area contributed by atoms with Crippen LogP contribution in [0.5, 0.6) is 0 Å². The molecule has 17 heavy (non-hydrogen) atoms. The molecule has 0 saturated carbocycles. The number of non-ortho nitro benzene ring substituents is 1. The minimum Gasteiger partial charge on any atom is -0.319 e. The minimum absolute atomic E-state index is 0.0679. The number of nitro benzene ring substituents is 1. The standard InChI is InChI=1S/C10H9N3O4/c11-8-5-9(14)12(10(8)15)6-2-1-3-7(4-6)13(16)17/h1-4,8H,5,11H2/t8-/m0/s1. The lowest BCUT2D eigenvalue weighted by Crippen LogP contribution is -2.35. The Balaban J connectivity index is 2.40. The molecular weight excluding hydrogens is 226 g/mol. The molecule has 1 aromatic carbocycles. The summed E-state index contributed by atoms with van der Waals surface area (Å²) in [5.41, 5.74) is 5.45. The Labute approximate surface area is 96.0 Å². The van der Waals surface area contributed by atoms with Crippen molar-refractivity contribution < 1.29 is 14.5 Å². The van der Waals surface area contributed by atoms with Crippen LogP contribution in [0, 0.1) is 10.1 Å². The monoisotopic (exact) mass is 235 g/mol. The Morgan fingerprint density at radius 1 is 1.41 bits per heavy atom. The van der Waals surface area contributed by atoms with E-state index in [0.717, 1.165) is 4.90 Å². The van der Waals surface area contributed by atoms with Crippen LogP contribution in [0.3, 0.4) is 0 Å². The minimum atomic E-state index is -0.859. The van der Waals surface area contributed by atoms with Crippen molar-refractivity contribution in [3.05, 3.63) is 34.4 Å². The fourth-order valence-electron chi connectivity index (χ4n) is 1.67. The van der Waals surface area contributed by atoms with Gasteiger partial charge in [-0.25, -0.2) is 4.90 Å². The number of imide groups is 1. The van der Waals surface area contributed by atoms with Gasteiger partial charge in [-0.05, 0) is 6.07 Å². The Morgan fingerprint density at radius 2 is 2.12 bits per heavy atom. The SMILES string of the molecule is N[C@H]1CC(=O)N(c2cccc([N+](=O)[O-])c2)C1=O. The molecule has 1 aliphatic heterocycles. The first-order valence-corrected chi connectivity index (χ1v) is 4.87. The molecule has 2 amide bonds. The third-order valence-electron chi connectivity index (χ3n) is 2.48. The summed E-state index contributed by atoms with van der Waals surface area (Å²) in [4.78, 5) is 34.0. The van der Waals surface area contributed by atoms with E-state index >= 15 is 0 Å². The molecule has 1 heterocycles. The van der Waals surface area contributed by atoms with Gasteiger partial charge in [0.25, 0.3) is 11.6 Å². The number of amides is 2. The van der Waals surface area contributed by atoms with Crippen LogP contribution in [0.25, 0.3) is 0 Å². The van der Waals surface area contributed by atoms with Gasteiger partial charge in [-0.2, -0.15) is 0 Å². The van der Waals surface area contributed by atoms with Crippen molar-refractivity contribution in [2.24, 2.45) is 5.73 Å². The zero-order valence-electron chi connectivity index (χ0n) is 8.70. The smallest absolute Gasteiger partial charge is 0.271 e. The van der Waals surface area contributed by atoms with E-state index in [2.05, 4.69) is 0 Å². The lowest BCUT2D eigenvalue weighted by molar-refractivity contribution is -0.384. The summed E-state index contributed by atoms with van der Waals surface area (Å²) in [5.74, 6) is -0.974. The Kier molecular flexibility index (Phi) is 2.60. The van der Waals surface area contributed by atoms with Gasteiger partial charge in [0.15, 0.2) is 0 Å². The van der Waals surface area contributed by atoms with Crippen molar-refractivity contribution in [1.29, 1.82) is 0 Å². The summed E-state index contributed by atoms with van der Waals surface area (Å²) < 4.78 is 0. The highest BCUT2D eigenvalue weighted by atomic mass is 16.6. The molecule has 0 aliphatic carbocycles. The van der Waals surface area contributed by atoms with Gasteiger partial charge in [-0.3, -0.25) is 19.7 Å². The summed E-state index contributed by atoms with van der Waals surface area (Å²) in [6, 6.07) is 4.47. The maximum Gasteiger partial charge on any atom is 0.271 e. The normalized spacial score (nSPS) is 19.8. The third-order valence-corrected chi connectivity index (χ3v) is 2.48. The molecule has 0 bridgehead atoms. The molecule has 0 unspecified atom stereocenters. The zero-order chi connectivity index (χ0) is 12.6. The van der Waals surface area contributed by atoms with E-state index in [1.807, 2.05) is 0 Å². The van der Waals surface area contributed by atoms with Crippen LogP contribution in [0.4, 0.5) is 11.4 Å². The highest BCUT2D eigenvalue weighted by Gasteiger charge is 2.37. The van der Waals surface area contributed by atoms with E-state index in [4.69, 9.17) is 5.73 Å². The van der Waals surface area contributed by atoms with Crippen LogP contribution >= 0.6 is 0 Å². The number of rotatable bonds is 2. The Morgan fingerprint density at radius 3 is 2.65 bits per heavy atom. The number of hydrogen-bond acceptors (Lipinski definition) is 5. The Hall–Kier alpha value is -2.28. The lowest BCUT2D eigenvalue weighted by atomic mass is 10.2. The number of anilines is 1. The summed E-state index contributed by atoms with van der Waals surface area (Å²) in [5, 5.41) is 10.6. The first-order valence-electron chi connectivity index (χ1n) is 4.87. The van der Waals surface area contributed by atoms with Crippen molar-refractivity contribution in [3.8, 4) is 0 Å². The fraction of sp³-hybridized carbons (Fsp3) is 0.200. The molecule has 1 saturated heterocycles. The van der Waals surface area contributed by atoms with Gasteiger partial charge in [0.2, 0.25) is 5.91 Å². The van der Waals surface area contributed by atoms with E-state index in [0.29, 0.717) is 0 Å². The third kappa shape index (κ3) is 1.87. The molecule has 0 spiro atoms. The second kappa shape index (κ2) is 3.95. The van der Waals surface area contributed by atoms with Gasteiger partial charge in [0.05, 0.1) is 23.1 Å². The van der Waals surface area contributed by atoms with E-state index in [9.17, 15) is 19.7 Å². The maximum absolute atomic E-state index is 11.6. The second-order valence-electron chi connectivity index (χ2n) is 3.65. The largest absolute Gasteiger partial charge is 0.319 e. The average Bonchev–Trinajstić information content (AvgIpc) is 2.53. The van der Waals surface area contributed by atoms with Crippen LogP contribution in [-0.4, -0.2) is 22.8 Å². The van der Waals surface area contributed by atoms with Gasteiger partial charge in [0, 0.05) is 12.1 Å². The number of nitro groups is 1. The first kappa shape index (κ1) is 11.2.